The van der Waals surface area contributed by atoms with Crippen molar-refractivity contribution in [2.75, 3.05) is 46.7 Å². The maximum absolute atomic E-state index is 5.51. The molecule has 4 nitrogen and oxygen atoms in total. The lowest BCUT2D eigenvalue weighted by Crippen LogP contribution is -2.38. The molecule has 0 radical (unpaired) electrons. The fourth-order valence-corrected chi connectivity index (χ4v) is 2.15. The van der Waals surface area contributed by atoms with Crippen molar-refractivity contribution in [3.8, 4) is 0 Å². The Morgan fingerprint density at radius 2 is 2.00 bits per heavy atom. The lowest BCUT2D eigenvalue weighted by Gasteiger charge is -2.28. The number of hydrogen-bond acceptors (Lipinski definition) is 4. The van der Waals surface area contributed by atoms with Crippen LogP contribution in [0.1, 0.15) is 26.2 Å². The van der Waals surface area contributed by atoms with Gasteiger partial charge in [0.25, 0.3) is 0 Å². The molecular weight excluding hydrogens is 218 g/mol. The van der Waals surface area contributed by atoms with Gasteiger partial charge in [-0.25, -0.2) is 0 Å². The van der Waals surface area contributed by atoms with Crippen molar-refractivity contribution in [2.45, 2.75) is 32.2 Å². The second-order valence-electron chi connectivity index (χ2n) is 4.65. The first-order valence-electron chi connectivity index (χ1n) is 6.72. The lowest BCUT2D eigenvalue weighted by atomic mass is 9.93. The molecule has 0 bridgehead atoms. The van der Waals surface area contributed by atoms with Crippen LogP contribution in [0.25, 0.3) is 0 Å². The van der Waals surface area contributed by atoms with E-state index >= 15 is 0 Å². The Morgan fingerprint density at radius 3 is 2.71 bits per heavy atom. The molecule has 0 aliphatic carbocycles. The quantitative estimate of drug-likeness (QED) is 0.624. The van der Waals surface area contributed by atoms with Crippen molar-refractivity contribution in [1.82, 2.24) is 5.32 Å². The van der Waals surface area contributed by atoms with Gasteiger partial charge in [-0.15, -0.1) is 0 Å². The topological polar surface area (TPSA) is 39.7 Å². The van der Waals surface area contributed by atoms with Gasteiger partial charge in [0, 0.05) is 46.1 Å². The van der Waals surface area contributed by atoms with E-state index in [1.807, 2.05) is 0 Å². The van der Waals surface area contributed by atoms with E-state index in [1.54, 1.807) is 7.11 Å². The van der Waals surface area contributed by atoms with E-state index in [0.717, 1.165) is 51.9 Å². The molecule has 17 heavy (non-hydrogen) atoms. The number of ether oxygens (including phenoxy) is 3. The second-order valence-corrected chi connectivity index (χ2v) is 4.65. The summed E-state index contributed by atoms with van der Waals surface area (Å²) >= 11 is 0. The summed E-state index contributed by atoms with van der Waals surface area (Å²) in [5, 5.41) is 3.53. The highest BCUT2D eigenvalue weighted by Gasteiger charge is 2.19. The van der Waals surface area contributed by atoms with Crippen LogP contribution in [0.3, 0.4) is 0 Å². The first-order chi connectivity index (χ1) is 8.34. The smallest absolute Gasteiger partial charge is 0.0591 e. The van der Waals surface area contributed by atoms with Gasteiger partial charge in [0.1, 0.15) is 0 Å². The summed E-state index contributed by atoms with van der Waals surface area (Å²) in [5.74, 6) is 0.761. The predicted octanol–water partition coefficient (Wildman–Crippen LogP) is 1.44. The summed E-state index contributed by atoms with van der Waals surface area (Å²) in [6.07, 6.45) is 3.34. The van der Waals surface area contributed by atoms with Crippen LogP contribution in [0.5, 0.6) is 0 Å². The van der Waals surface area contributed by atoms with Crippen LogP contribution < -0.4 is 5.32 Å². The highest BCUT2D eigenvalue weighted by molar-refractivity contribution is 4.74. The first-order valence-corrected chi connectivity index (χ1v) is 6.72. The molecule has 0 aromatic carbocycles. The molecule has 0 aromatic rings. The summed E-state index contributed by atoms with van der Waals surface area (Å²) in [6.45, 7) is 7.41. The van der Waals surface area contributed by atoms with Crippen molar-refractivity contribution >= 4 is 0 Å². The maximum atomic E-state index is 5.51. The molecule has 1 saturated heterocycles. The minimum absolute atomic E-state index is 0.571. The number of rotatable bonds is 9. The zero-order chi connectivity index (χ0) is 12.3. The van der Waals surface area contributed by atoms with Crippen molar-refractivity contribution < 1.29 is 14.2 Å². The van der Waals surface area contributed by atoms with Gasteiger partial charge in [0.2, 0.25) is 0 Å². The molecule has 1 aliphatic heterocycles. The molecule has 102 valence electrons. The number of methoxy groups -OCH3 is 1. The molecule has 1 N–H and O–H groups in total. The molecule has 0 spiro atoms. The molecule has 1 unspecified atom stereocenters. The second kappa shape index (κ2) is 9.83. The summed E-state index contributed by atoms with van der Waals surface area (Å²) in [4.78, 5) is 0. The Hall–Kier alpha value is -0.160. The van der Waals surface area contributed by atoms with Crippen LogP contribution >= 0.6 is 0 Å². The average Bonchev–Trinajstić information content (AvgIpc) is 2.38. The molecule has 1 heterocycles. The Labute approximate surface area is 105 Å². The third-order valence-electron chi connectivity index (χ3n) is 3.32. The molecule has 1 aliphatic rings. The van der Waals surface area contributed by atoms with Crippen LogP contribution in [-0.4, -0.2) is 52.7 Å². The van der Waals surface area contributed by atoms with E-state index in [9.17, 15) is 0 Å². The van der Waals surface area contributed by atoms with Crippen LogP contribution in [0.15, 0.2) is 0 Å². The van der Waals surface area contributed by atoms with Crippen molar-refractivity contribution in [3.63, 3.8) is 0 Å². The van der Waals surface area contributed by atoms with Crippen LogP contribution in [0.4, 0.5) is 0 Å². The Bertz CT molecular complexity index is 172. The Balaban J connectivity index is 1.90. The third kappa shape index (κ3) is 6.99. The Kier molecular flexibility index (Phi) is 8.61. The zero-order valence-corrected chi connectivity index (χ0v) is 11.2. The largest absolute Gasteiger partial charge is 0.385 e. The van der Waals surface area contributed by atoms with E-state index in [4.69, 9.17) is 14.2 Å². The van der Waals surface area contributed by atoms with Gasteiger partial charge < -0.3 is 19.5 Å². The molecule has 0 saturated carbocycles. The van der Waals surface area contributed by atoms with Gasteiger partial charge in [-0.05, 0) is 32.1 Å². The molecule has 4 heteroatoms. The minimum atomic E-state index is 0.571. The van der Waals surface area contributed by atoms with Crippen molar-refractivity contribution in [1.29, 1.82) is 0 Å². The zero-order valence-electron chi connectivity index (χ0n) is 11.2. The summed E-state index contributed by atoms with van der Waals surface area (Å²) in [6, 6.07) is 0.571. The number of hydrogen-bond donors (Lipinski definition) is 1. The van der Waals surface area contributed by atoms with Gasteiger partial charge >= 0.3 is 0 Å². The molecule has 0 amide bonds. The van der Waals surface area contributed by atoms with Gasteiger partial charge in [-0.3, -0.25) is 0 Å². The molecule has 0 aromatic heterocycles. The summed E-state index contributed by atoms with van der Waals surface area (Å²) in [5.41, 5.74) is 0. The molecule has 1 rings (SSSR count). The van der Waals surface area contributed by atoms with E-state index in [-0.39, 0.29) is 0 Å². The molecular formula is C13H27NO3. The van der Waals surface area contributed by atoms with E-state index < -0.39 is 0 Å². The average molecular weight is 245 g/mol. The first kappa shape index (κ1) is 14.9. The lowest BCUT2D eigenvalue weighted by molar-refractivity contribution is 0.0535. The van der Waals surface area contributed by atoms with Crippen molar-refractivity contribution in [3.05, 3.63) is 0 Å². The van der Waals surface area contributed by atoms with Gasteiger partial charge in [-0.1, -0.05) is 0 Å². The number of nitrogens with one attached hydrogen (secondary N) is 1. The van der Waals surface area contributed by atoms with Gasteiger partial charge in [0.05, 0.1) is 6.61 Å². The summed E-state index contributed by atoms with van der Waals surface area (Å²) < 4.78 is 15.8. The highest BCUT2D eigenvalue weighted by atomic mass is 16.5. The SMILES string of the molecule is COCCCOCCNC(C)C1CCOCC1. The minimum Gasteiger partial charge on any atom is -0.385 e. The van der Waals surface area contributed by atoms with Crippen LogP contribution in [-0.2, 0) is 14.2 Å². The predicted molar refractivity (Wildman–Crippen MR) is 68.3 cm³/mol. The van der Waals surface area contributed by atoms with Gasteiger partial charge in [-0.2, -0.15) is 0 Å². The Morgan fingerprint density at radius 1 is 1.24 bits per heavy atom. The monoisotopic (exact) mass is 245 g/mol. The van der Waals surface area contributed by atoms with Crippen molar-refractivity contribution in [2.24, 2.45) is 5.92 Å². The van der Waals surface area contributed by atoms with Gasteiger partial charge in [0.15, 0.2) is 0 Å². The van der Waals surface area contributed by atoms with E-state index in [0.29, 0.717) is 6.04 Å². The van der Waals surface area contributed by atoms with E-state index in [2.05, 4.69) is 12.2 Å². The van der Waals surface area contributed by atoms with Crippen LogP contribution in [0.2, 0.25) is 0 Å². The normalized spacial score (nSPS) is 19.4. The van der Waals surface area contributed by atoms with E-state index in [1.165, 1.54) is 12.8 Å². The summed E-state index contributed by atoms with van der Waals surface area (Å²) in [7, 11) is 1.72. The molecule has 1 atom stereocenters. The fourth-order valence-electron chi connectivity index (χ4n) is 2.15. The highest BCUT2D eigenvalue weighted by Crippen LogP contribution is 2.18. The van der Waals surface area contributed by atoms with Crippen LogP contribution in [0, 0.1) is 5.92 Å². The maximum Gasteiger partial charge on any atom is 0.0591 e. The third-order valence-corrected chi connectivity index (χ3v) is 3.32. The molecule has 1 fully saturated rings. The standard InChI is InChI=1S/C13H27NO3/c1-12(13-4-9-17-10-5-13)14-6-11-16-8-3-7-15-2/h12-14H,3-11H2,1-2H3. The fraction of sp³-hybridized carbons (Fsp3) is 1.00.